The highest BCUT2D eigenvalue weighted by atomic mass is 32.2. The second kappa shape index (κ2) is 5.01. The van der Waals surface area contributed by atoms with Gasteiger partial charge in [-0.2, -0.15) is 8.42 Å². The molecule has 0 unspecified atom stereocenters. The zero-order chi connectivity index (χ0) is 15.3. The molecule has 0 bridgehead atoms. The van der Waals surface area contributed by atoms with Crippen LogP contribution in [0.25, 0.3) is 0 Å². The average Bonchev–Trinajstić information content (AvgIpc) is 2.89. The predicted molar refractivity (Wildman–Crippen MR) is 69.9 cm³/mol. The fourth-order valence-corrected chi connectivity index (χ4v) is 3.57. The molecular weight excluding hydrogens is 300 g/mol. The van der Waals surface area contributed by atoms with E-state index in [9.17, 15) is 18.6 Å². The van der Waals surface area contributed by atoms with Gasteiger partial charge in [0.2, 0.25) is 5.79 Å². The lowest BCUT2D eigenvalue weighted by Crippen LogP contribution is -2.48. The van der Waals surface area contributed by atoms with E-state index in [1.54, 1.807) is 12.1 Å². The number of hydrogen-bond acceptors (Lipinski definition) is 7. The predicted octanol–water partition coefficient (Wildman–Crippen LogP) is -0.453. The molecule has 2 fully saturated rings. The van der Waals surface area contributed by atoms with Crippen molar-refractivity contribution in [3.8, 4) is 0 Å². The van der Waals surface area contributed by atoms with E-state index in [1.807, 2.05) is 6.92 Å². The molecule has 4 atom stereocenters. The Hall–Kier alpha value is -1.03. The normalized spacial score (nSPS) is 35.9. The summed E-state index contributed by atoms with van der Waals surface area (Å²) in [6.07, 6.45) is -3.23. The molecule has 3 rings (SSSR count). The van der Waals surface area contributed by atoms with Crippen molar-refractivity contribution in [2.24, 2.45) is 0 Å². The van der Waals surface area contributed by atoms with Crippen molar-refractivity contribution in [2.45, 2.75) is 35.9 Å². The molecule has 2 aliphatic heterocycles. The van der Waals surface area contributed by atoms with Crippen LogP contribution in [0.15, 0.2) is 29.2 Å². The summed E-state index contributed by atoms with van der Waals surface area (Å²) in [4.78, 5) is -0.0151. The van der Waals surface area contributed by atoms with Gasteiger partial charge in [-0.15, -0.1) is 0 Å². The van der Waals surface area contributed by atoms with E-state index < -0.39 is 34.2 Å². The van der Waals surface area contributed by atoms with Crippen LogP contribution in [-0.2, 0) is 23.8 Å². The van der Waals surface area contributed by atoms with Crippen LogP contribution in [0.5, 0.6) is 0 Å². The Labute approximate surface area is 122 Å². The first-order chi connectivity index (χ1) is 9.83. The fraction of sp³-hybridized carbons (Fsp3) is 0.538. The van der Waals surface area contributed by atoms with E-state index in [1.165, 1.54) is 12.1 Å². The summed E-state index contributed by atoms with van der Waals surface area (Å²) in [5.41, 5.74) is 0.916. The topological polar surface area (TPSA) is 102 Å². The lowest BCUT2D eigenvalue weighted by molar-refractivity contribution is -0.218. The highest BCUT2D eigenvalue weighted by Gasteiger charge is 2.61. The molecule has 1 aromatic carbocycles. The minimum atomic E-state index is -4.06. The third-order valence-electron chi connectivity index (χ3n) is 3.68. The van der Waals surface area contributed by atoms with E-state index in [0.717, 1.165) is 5.56 Å². The summed E-state index contributed by atoms with van der Waals surface area (Å²) in [5.74, 6) is -1.95. The maximum Gasteiger partial charge on any atom is 0.297 e. The summed E-state index contributed by atoms with van der Waals surface area (Å²) in [7, 11) is -4.06. The molecule has 2 aliphatic rings. The van der Waals surface area contributed by atoms with Crippen LogP contribution in [0.4, 0.5) is 0 Å². The van der Waals surface area contributed by atoms with E-state index in [0.29, 0.717) is 0 Å². The molecule has 2 saturated heterocycles. The highest BCUT2D eigenvalue weighted by molar-refractivity contribution is 7.86. The van der Waals surface area contributed by atoms with Crippen LogP contribution >= 0.6 is 0 Å². The van der Waals surface area contributed by atoms with E-state index in [-0.39, 0.29) is 18.1 Å². The summed E-state index contributed by atoms with van der Waals surface area (Å²) >= 11 is 0. The Balaban J connectivity index is 1.82. The zero-order valence-electron chi connectivity index (χ0n) is 11.3. The molecule has 0 saturated carbocycles. The monoisotopic (exact) mass is 316 g/mol. The quantitative estimate of drug-likeness (QED) is 0.728. The SMILES string of the molecule is Cc1ccc(S(=O)(=O)O[C@@H]2CO[C@@H]3[C@H](O)CO[C@]32O)cc1. The highest BCUT2D eigenvalue weighted by Crippen LogP contribution is 2.38. The van der Waals surface area contributed by atoms with Gasteiger partial charge in [-0.05, 0) is 19.1 Å². The number of hydrogen-bond donors (Lipinski definition) is 2. The lowest BCUT2D eigenvalue weighted by Gasteiger charge is -2.25. The van der Waals surface area contributed by atoms with Crippen molar-refractivity contribution in [3.63, 3.8) is 0 Å². The third kappa shape index (κ3) is 2.48. The van der Waals surface area contributed by atoms with Crippen molar-refractivity contribution in [1.82, 2.24) is 0 Å². The molecule has 0 spiro atoms. The van der Waals surface area contributed by atoms with Crippen LogP contribution in [0, 0.1) is 6.92 Å². The van der Waals surface area contributed by atoms with Gasteiger partial charge in [-0.1, -0.05) is 17.7 Å². The largest absolute Gasteiger partial charge is 0.388 e. The Kier molecular flexibility index (Phi) is 3.55. The Morgan fingerprint density at radius 2 is 1.95 bits per heavy atom. The standard InChI is InChI=1S/C13H16O7S/c1-8-2-4-9(5-3-8)21(16,17)20-11-7-18-12-10(14)6-19-13(11,12)15/h2-5,10-12,14-15H,6-7H2,1H3/t10-,11-,12-,13+/m1/s1. The Bertz CT molecular complexity index is 626. The number of ether oxygens (including phenoxy) is 2. The molecule has 2 heterocycles. The Morgan fingerprint density at radius 1 is 1.29 bits per heavy atom. The van der Waals surface area contributed by atoms with Gasteiger partial charge in [0.15, 0.2) is 6.10 Å². The number of rotatable bonds is 3. The smallest absolute Gasteiger partial charge is 0.297 e. The minimum Gasteiger partial charge on any atom is -0.388 e. The summed E-state index contributed by atoms with van der Waals surface area (Å²) in [6.45, 7) is 1.53. The number of aryl methyl sites for hydroxylation is 1. The summed E-state index contributed by atoms with van der Waals surface area (Å²) in [5, 5.41) is 19.9. The van der Waals surface area contributed by atoms with Crippen molar-refractivity contribution in [2.75, 3.05) is 13.2 Å². The Morgan fingerprint density at radius 3 is 2.62 bits per heavy atom. The van der Waals surface area contributed by atoms with Crippen molar-refractivity contribution in [3.05, 3.63) is 29.8 Å². The van der Waals surface area contributed by atoms with E-state index in [2.05, 4.69) is 0 Å². The van der Waals surface area contributed by atoms with Gasteiger partial charge in [0, 0.05) is 0 Å². The van der Waals surface area contributed by atoms with Crippen LogP contribution in [0.1, 0.15) is 5.56 Å². The molecule has 0 aliphatic carbocycles. The molecule has 0 amide bonds. The number of aliphatic hydroxyl groups is 2. The van der Waals surface area contributed by atoms with Gasteiger partial charge in [-0.3, -0.25) is 4.18 Å². The van der Waals surface area contributed by atoms with Crippen molar-refractivity contribution < 1.29 is 32.3 Å². The maximum atomic E-state index is 12.2. The fourth-order valence-electron chi connectivity index (χ4n) is 2.49. The van der Waals surface area contributed by atoms with Crippen LogP contribution in [0.3, 0.4) is 0 Å². The third-order valence-corrected chi connectivity index (χ3v) is 5.02. The second-order valence-corrected chi connectivity index (χ2v) is 6.81. The molecule has 2 N–H and O–H groups in total. The van der Waals surface area contributed by atoms with Gasteiger partial charge in [0.1, 0.15) is 12.2 Å². The molecule has 0 radical (unpaired) electrons. The van der Waals surface area contributed by atoms with Gasteiger partial charge in [-0.25, -0.2) is 0 Å². The minimum absolute atomic E-state index is 0.0151. The molecular formula is C13H16O7S. The van der Waals surface area contributed by atoms with Gasteiger partial charge in [0.05, 0.1) is 18.1 Å². The molecule has 21 heavy (non-hydrogen) atoms. The van der Waals surface area contributed by atoms with Crippen molar-refractivity contribution in [1.29, 1.82) is 0 Å². The van der Waals surface area contributed by atoms with Crippen LogP contribution in [-0.4, -0.2) is 55.9 Å². The van der Waals surface area contributed by atoms with Gasteiger partial charge in [0.25, 0.3) is 10.1 Å². The first-order valence-electron chi connectivity index (χ1n) is 6.49. The van der Waals surface area contributed by atoms with Crippen LogP contribution < -0.4 is 0 Å². The summed E-state index contributed by atoms with van der Waals surface area (Å²) < 4.78 is 39.7. The first-order valence-corrected chi connectivity index (χ1v) is 7.90. The summed E-state index contributed by atoms with van der Waals surface area (Å²) in [6, 6.07) is 6.14. The van der Waals surface area contributed by atoms with E-state index >= 15 is 0 Å². The van der Waals surface area contributed by atoms with Gasteiger partial charge < -0.3 is 19.7 Å². The zero-order valence-corrected chi connectivity index (χ0v) is 12.1. The van der Waals surface area contributed by atoms with Crippen molar-refractivity contribution >= 4 is 10.1 Å². The molecule has 1 aromatic rings. The number of fused-ring (bicyclic) bond motifs is 1. The van der Waals surface area contributed by atoms with Gasteiger partial charge >= 0.3 is 0 Å². The molecule has 116 valence electrons. The second-order valence-electron chi connectivity index (χ2n) is 5.24. The lowest BCUT2D eigenvalue weighted by atomic mass is 10.1. The van der Waals surface area contributed by atoms with E-state index in [4.69, 9.17) is 13.7 Å². The molecule has 7 nitrogen and oxygen atoms in total. The number of benzene rings is 1. The molecule has 8 heteroatoms. The molecule has 0 aromatic heterocycles. The number of aliphatic hydroxyl groups excluding tert-OH is 1. The average molecular weight is 316 g/mol. The maximum absolute atomic E-state index is 12.2. The first kappa shape index (κ1) is 14.9. The van der Waals surface area contributed by atoms with Crippen LogP contribution in [0.2, 0.25) is 0 Å².